The highest BCUT2D eigenvalue weighted by molar-refractivity contribution is 7.92. The number of aryl methyl sites for hydroxylation is 1. The Balaban J connectivity index is 2.11. The molecule has 1 aromatic heterocycles. The molecule has 0 aliphatic carbocycles. The standard InChI is InChI=1S/C14H17N3O2S/c1-3-20(18,19)17-14-9-8-12(10-15-14)16-13-7-5-4-6-11(13)2/h4-10,16H,3H2,1-2H3,(H,15,17). The van der Waals surface area contributed by atoms with Gasteiger partial charge < -0.3 is 5.32 Å². The molecule has 0 unspecified atom stereocenters. The maximum absolute atomic E-state index is 11.4. The summed E-state index contributed by atoms with van der Waals surface area (Å²) >= 11 is 0. The van der Waals surface area contributed by atoms with E-state index in [2.05, 4.69) is 15.0 Å². The Labute approximate surface area is 119 Å². The van der Waals surface area contributed by atoms with Gasteiger partial charge in [0.1, 0.15) is 5.82 Å². The summed E-state index contributed by atoms with van der Waals surface area (Å²) in [6.07, 6.45) is 1.60. The third-order valence-electron chi connectivity index (χ3n) is 2.83. The van der Waals surface area contributed by atoms with E-state index in [0.717, 1.165) is 16.9 Å². The molecule has 0 aliphatic rings. The highest BCUT2D eigenvalue weighted by Gasteiger charge is 2.07. The summed E-state index contributed by atoms with van der Waals surface area (Å²) in [7, 11) is -3.28. The topological polar surface area (TPSA) is 71.1 Å². The van der Waals surface area contributed by atoms with Gasteiger partial charge in [-0.3, -0.25) is 4.72 Å². The average Bonchev–Trinajstić information content (AvgIpc) is 2.43. The molecule has 0 saturated heterocycles. The van der Waals surface area contributed by atoms with Gasteiger partial charge in [-0.25, -0.2) is 13.4 Å². The normalized spacial score (nSPS) is 11.1. The van der Waals surface area contributed by atoms with Crippen LogP contribution in [0.2, 0.25) is 0 Å². The van der Waals surface area contributed by atoms with E-state index in [1.807, 2.05) is 31.2 Å². The molecule has 0 saturated carbocycles. The van der Waals surface area contributed by atoms with E-state index in [4.69, 9.17) is 0 Å². The highest BCUT2D eigenvalue weighted by Crippen LogP contribution is 2.20. The van der Waals surface area contributed by atoms with Gasteiger partial charge >= 0.3 is 0 Å². The largest absolute Gasteiger partial charge is 0.354 e. The highest BCUT2D eigenvalue weighted by atomic mass is 32.2. The van der Waals surface area contributed by atoms with Crippen molar-refractivity contribution in [2.75, 3.05) is 15.8 Å². The van der Waals surface area contributed by atoms with E-state index in [1.54, 1.807) is 25.3 Å². The summed E-state index contributed by atoms with van der Waals surface area (Å²) in [6, 6.07) is 11.3. The van der Waals surface area contributed by atoms with Crippen LogP contribution < -0.4 is 10.0 Å². The Morgan fingerprint density at radius 3 is 2.50 bits per heavy atom. The molecule has 2 aromatic rings. The predicted octanol–water partition coefficient (Wildman–Crippen LogP) is 2.90. The van der Waals surface area contributed by atoms with Gasteiger partial charge in [0.05, 0.1) is 17.6 Å². The summed E-state index contributed by atoms with van der Waals surface area (Å²) in [5.74, 6) is 0.347. The Bertz CT molecular complexity index is 682. The first-order valence-electron chi connectivity index (χ1n) is 6.29. The minimum absolute atomic E-state index is 0.0257. The van der Waals surface area contributed by atoms with Gasteiger partial charge in [0.15, 0.2) is 0 Å². The molecule has 0 bridgehead atoms. The quantitative estimate of drug-likeness (QED) is 0.888. The van der Waals surface area contributed by atoms with Crippen molar-refractivity contribution in [3.63, 3.8) is 0 Å². The fourth-order valence-electron chi connectivity index (χ4n) is 1.63. The van der Waals surface area contributed by atoms with Gasteiger partial charge in [-0.15, -0.1) is 0 Å². The lowest BCUT2D eigenvalue weighted by Crippen LogP contribution is -2.15. The predicted molar refractivity (Wildman–Crippen MR) is 81.8 cm³/mol. The molecule has 0 atom stereocenters. The van der Waals surface area contributed by atoms with Crippen LogP contribution >= 0.6 is 0 Å². The Morgan fingerprint density at radius 1 is 1.15 bits per heavy atom. The molecule has 2 N–H and O–H groups in total. The fourth-order valence-corrected chi connectivity index (χ4v) is 2.21. The molecule has 0 radical (unpaired) electrons. The molecule has 0 aliphatic heterocycles. The number of hydrogen-bond donors (Lipinski definition) is 2. The summed E-state index contributed by atoms with van der Waals surface area (Å²) in [6.45, 7) is 3.59. The fraction of sp³-hybridized carbons (Fsp3) is 0.214. The molecule has 20 heavy (non-hydrogen) atoms. The molecule has 5 nitrogen and oxygen atoms in total. The molecule has 1 heterocycles. The summed E-state index contributed by atoms with van der Waals surface area (Å²) in [5.41, 5.74) is 2.93. The van der Waals surface area contributed by atoms with E-state index in [1.165, 1.54) is 0 Å². The summed E-state index contributed by atoms with van der Waals surface area (Å²) in [5, 5.41) is 3.24. The number of hydrogen-bond acceptors (Lipinski definition) is 4. The molecular weight excluding hydrogens is 274 g/mol. The smallest absolute Gasteiger partial charge is 0.233 e. The van der Waals surface area contributed by atoms with Gasteiger partial charge in [-0.2, -0.15) is 0 Å². The monoisotopic (exact) mass is 291 g/mol. The molecule has 106 valence electrons. The van der Waals surface area contributed by atoms with Crippen molar-refractivity contribution in [3.05, 3.63) is 48.2 Å². The van der Waals surface area contributed by atoms with Gasteiger partial charge in [-0.1, -0.05) is 18.2 Å². The Hall–Kier alpha value is -2.08. The van der Waals surface area contributed by atoms with E-state index in [-0.39, 0.29) is 5.75 Å². The van der Waals surface area contributed by atoms with Crippen LogP contribution in [0, 0.1) is 6.92 Å². The summed E-state index contributed by atoms with van der Waals surface area (Å²) in [4.78, 5) is 4.08. The van der Waals surface area contributed by atoms with Crippen molar-refractivity contribution in [2.45, 2.75) is 13.8 Å². The molecule has 0 spiro atoms. The third kappa shape index (κ3) is 3.71. The molecule has 6 heteroatoms. The van der Waals surface area contributed by atoms with Crippen molar-refractivity contribution in [1.82, 2.24) is 4.98 Å². The first kappa shape index (κ1) is 14.3. The number of benzene rings is 1. The van der Waals surface area contributed by atoms with E-state index < -0.39 is 10.0 Å². The zero-order valence-electron chi connectivity index (χ0n) is 11.4. The van der Waals surface area contributed by atoms with Crippen LogP contribution in [0.4, 0.5) is 17.2 Å². The Morgan fingerprint density at radius 2 is 1.90 bits per heavy atom. The third-order valence-corrected chi connectivity index (χ3v) is 4.11. The molecule has 2 rings (SSSR count). The molecule has 1 aromatic carbocycles. The van der Waals surface area contributed by atoms with Crippen molar-refractivity contribution >= 4 is 27.2 Å². The SMILES string of the molecule is CCS(=O)(=O)Nc1ccc(Nc2ccccc2C)cn1. The second kappa shape index (κ2) is 5.92. The summed E-state index contributed by atoms with van der Waals surface area (Å²) < 4.78 is 25.2. The van der Waals surface area contributed by atoms with Gasteiger partial charge in [0.25, 0.3) is 0 Å². The van der Waals surface area contributed by atoms with Gasteiger partial charge in [0.2, 0.25) is 10.0 Å². The second-order valence-corrected chi connectivity index (χ2v) is 6.39. The van der Waals surface area contributed by atoms with Crippen LogP contribution in [-0.4, -0.2) is 19.2 Å². The number of aromatic nitrogens is 1. The van der Waals surface area contributed by atoms with E-state index >= 15 is 0 Å². The minimum Gasteiger partial charge on any atom is -0.354 e. The van der Waals surface area contributed by atoms with Gasteiger partial charge in [0, 0.05) is 5.69 Å². The maximum Gasteiger partial charge on any atom is 0.233 e. The lowest BCUT2D eigenvalue weighted by Gasteiger charge is -2.10. The van der Waals surface area contributed by atoms with E-state index in [9.17, 15) is 8.42 Å². The zero-order valence-corrected chi connectivity index (χ0v) is 12.2. The van der Waals surface area contributed by atoms with Crippen LogP contribution in [0.15, 0.2) is 42.6 Å². The van der Waals surface area contributed by atoms with Crippen LogP contribution in [0.1, 0.15) is 12.5 Å². The minimum atomic E-state index is -3.28. The first-order chi connectivity index (χ1) is 9.50. The average molecular weight is 291 g/mol. The number of rotatable bonds is 5. The lowest BCUT2D eigenvalue weighted by molar-refractivity contribution is 0.602. The number of sulfonamides is 1. The number of nitrogens with zero attached hydrogens (tertiary/aromatic N) is 1. The van der Waals surface area contributed by atoms with Crippen LogP contribution in [0.5, 0.6) is 0 Å². The van der Waals surface area contributed by atoms with Crippen molar-refractivity contribution in [3.8, 4) is 0 Å². The molecule has 0 amide bonds. The van der Waals surface area contributed by atoms with E-state index in [0.29, 0.717) is 5.82 Å². The van der Waals surface area contributed by atoms with Crippen molar-refractivity contribution in [2.24, 2.45) is 0 Å². The molecule has 0 fully saturated rings. The lowest BCUT2D eigenvalue weighted by atomic mass is 10.2. The molecular formula is C14H17N3O2S. The van der Waals surface area contributed by atoms with Crippen LogP contribution in [0.25, 0.3) is 0 Å². The van der Waals surface area contributed by atoms with Gasteiger partial charge in [-0.05, 0) is 37.6 Å². The second-order valence-electron chi connectivity index (χ2n) is 4.38. The number of nitrogens with one attached hydrogen (secondary N) is 2. The first-order valence-corrected chi connectivity index (χ1v) is 7.94. The number of para-hydroxylation sites is 1. The van der Waals surface area contributed by atoms with Crippen molar-refractivity contribution < 1.29 is 8.42 Å². The van der Waals surface area contributed by atoms with Crippen LogP contribution in [0.3, 0.4) is 0 Å². The Kier molecular flexibility index (Phi) is 4.24. The number of pyridine rings is 1. The maximum atomic E-state index is 11.4. The van der Waals surface area contributed by atoms with Crippen molar-refractivity contribution in [1.29, 1.82) is 0 Å². The zero-order chi connectivity index (χ0) is 14.6. The van der Waals surface area contributed by atoms with Crippen LogP contribution in [-0.2, 0) is 10.0 Å². The number of anilines is 3.